The first-order valence-corrected chi connectivity index (χ1v) is 9.31. The van der Waals surface area contributed by atoms with Crippen molar-refractivity contribution in [3.05, 3.63) is 57.4 Å². The molecule has 152 valence electrons. The Morgan fingerprint density at radius 1 is 1.25 bits per heavy atom. The fourth-order valence-electron chi connectivity index (χ4n) is 3.12. The summed E-state index contributed by atoms with van der Waals surface area (Å²) < 4.78 is 15.8. The molecule has 0 aliphatic carbocycles. The third-order valence-corrected chi connectivity index (χ3v) is 4.47. The lowest BCUT2D eigenvalue weighted by atomic mass is 9.80. The van der Waals surface area contributed by atoms with Crippen LogP contribution in [-0.4, -0.2) is 45.4 Å². The highest BCUT2D eigenvalue weighted by atomic mass is 35.5. The summed E-state index contributed by atoms with van der Waals surface area (Å²) in [4.78, 5) is 25.4. The van der Waals surface area contributed by atoms with Crippen molar-refractivity contribution in [2.45, 2.75) is 19.8 Å². The van der Waals surface area contributed by atoms with Gasteiger partial charge in [-0.3, -0.25) is 0 Å². The number of nitrogens with two attached hydrogens (primary N) is 1. The number of dihydropyridines is 1. The van der Waals surface area contributed by atoms with Gasteiger partial charge >= 0.3 is 11.9 Å². The van der Waals surface area contributed by atoms with Gasteiger partial charge in [0.1, 0.15) is 0 Å². The molecule has 7 nitrogen and oxygen atoms in total. The van der Waals surface area contributed by atoms with Crippen molar-refractivity contribution in [2.75, 3.05) is 33.5 Å². The van der Waals surface area contributed by atoms with Crippen LogP contribution in [0.3, 0.4) is 0 Å². The molecule has 8 heteroatoms. The van der Waals surface area contributed by atoms with Crippen molar-refractivity contribution in [3.63, 3.8) is 0 Å². The lowest BCUT2D eigenvalue weighted by Crippen LogP contribution is -2.35. The third kappa shape index (κ3) is 4.92. The molecule has 2 rings (SSSR count). The first-order valence-electron chi connectivity index (χ1n) is 8.94. The minimum Gasteiger partial charge on any atom is -0.466 e. The third-order valence-electron chi connectivity index (χ3n) is 4.24. The number of carbonyl (C=O) groups is 2. The number of halogens is 1. The van der Waals surface area contributed by atoms with E-state index in [1.807, 2.05) is 0 Å². The van der Waals surface area contributed by atoms with Crippen molar-refractivity contribution in [1.82, 2.24) is 5.32 Å². The van der Waals surface area contributed by atoms with E-state index in [0.29, 0.717) is 40.7 Å². The first kappa shape index (κ1) is 21.9. The van der Waals surface area contributed by atoms with Crippen LogP contribution in [0.2, 0.25) is 5.02 Å². The second-order valence-electron chi connectivity index (χ2n) is 6.10. The van der Waals surface area contributed by atoms with Crippen LogP contribution in [0.4, 0.5) is 0 Å². The normalized spacial score (nSPS) is 16.7. The van der Waals surface area contributed by atoms with E-state index in [9.17, 15) is 9.59 Å². The number of esters is 2. The Kier molecular flexibility index (Phi) is 8.04. The van der Waals surface area contributed by atoms with Crippen LogP contribution in [0.1, 0.15) is 25.3 Å². The van der Waals surface area contributed by atoms with Crippen LogP contribution < -0.4 is 11.1 Å². The van der Waals surface area contributed by atoms with E-state index >= 15 is 0 Å². The maximum atomic E-state index is 12.9. The molecule has 0 radical (unpaired) electrons. The number of allylic oxidation sites excluding steroid dienone is 1. The number of benzene rings is 1. The summed E-state index contributed by atoms with van der Waals surface area (Å²) in [7, 11) is 1.30. The quantitative estimate of drug-likeness (QED) is 0.502. The molecule has 0 aromatic heterocycles. The van der Waals surface area contributed by atoms with Crippen LogP contribution in [0.15, 0.2) is 46.8 Å². The topological polar surface area (TPSA) is 99.9 Å². The van der Waals surface area contributed by atoms with Crippen LogP contribution in [0.5, 0.6) is 0 Å². The number of hydrogen-bond acceptors (Lipinski definition) is 7. The first-order chi connectivity index (χ1) is 13.4. The summed E-state index contributed by atoms with van der Waals surface area (Å²) in [6.45, 7) is 4.45. The van der Waals surface area contributed by atoms with Crippen LogP contribution in [-0.2, 0) is 23.8 Å². The highest BCUT2D eigenvalue weighted by Crippen LogP contribution is 2.40. The molecule has 0 unspecified atom stereocenters. The molecule has 1 aromatic carbocycles. The van der Waals surface area contributed by atoms with Crippen molar-refractivity contribution in [2.24, 2.45) is 5.73 Å². The van der Waals surface area contributed by atoms with Crippen molar-refractivity contribution in [3.8, 4) is 0 Å². The number of carbonyl (C=O) groups excluding carboxylic acids is 2. The molecule has 0 saturated carbocycles. The molecule has 28 heavy (non-hydrogen) atoms. The summed E-state index contributed by atoms with van der Waals surface area (Å²) in [5.41, 5.74) is 7.85. The summed E-state index contributed by atoms with van der Waals surface area (Å²) in [5.74, 6) is -1.79. The van der Waals surface area contributed by atoms with Crippen molar-refractivity contribution in [1.29, 1.82) is 0 Å². The van der Waals surface area contributed by atoms with E-state index in [-0.39, 0.29) is 18.8 Å². The van der Waals surface area contributed by atoms with Gasteiger partial charge in [0, 0.05) is 17.3 Å². The Labute approximate surface area is 169 Å². The van der Waals surface area contributed by atoms with Gasteiger partial charge in [0.05, 0.1) is 49.7 Å². The van der Waals surface area contributed by atoms with Gasteiger partial charge < -0.3 is 25.3 Å². The van der Waals surface area contributed by atoms with E-state index in [4.69, 9.17) is 31.5 Å². The fourth-order valence-corrected chi connectivity index (χ4v) is 3.32. The molecule has 1 heterocycles. The zero-order chi connectivity index (χ0) is 20.7. The van der Waals surface area contributed by atoms with Gasteiger partial charge in [-0.1, -0.05) is 23.7 Å². The van der Waals surface area contributed by atoms with Gasteiger partial charge in [-0.25, -0.2) is 9.59 Å². The average Bonchev–Trinajstić information content (AvgIpc) is 2.67. The summed E-state index contributed by atoms with van der Waals surface area (Å²) >= 11 is 6.17. The Morgan fingerprint density at radius 3 is 2.61 bits per heavy atom. The number of ether oxygens (including phenoxy) is 3. The summed E-state index contributed by atoms with van der Waals surface area (Å²) in [6.07, 6.45) is 0. The SMILES string of the molecule is CCOC(=O)C1=C(COCCN)NC(C)=C(C(=O)OC)[C@H]1c1cccc(Cl)c1. The zero-order valence-electron chi connectivity index (χ0n) is 16.2. The van der Waals surface area contributed by atoms with Crippen molar-refractivity contribution >= 4 is 23.5 Å². The molecule has 0 saturated heterocycles. The predicted molar refractivity (Wildman–Crippen MR) is 106 cm³/mol. The molecule has 1 aliphatic heterocycles. The Morgan fingerprint density at radius 2 is 2.00 bits per heavy atom. The summed E-state index contributed by atoms with van der Waals surface area (Å²) in [6, 6.07) is 7.00. The minimum atomic E-state index is -0.706. The minimum absolute atomic E-state index is 0.119. The molecule has 0 spiro atoms. The second-order valence-corrected chi connectivity index (χ2v) is 6.53. The van der Waals surface area contributed by atoms with Gasteiger partial charge in [-0.05, 0) is 31.5 Å². The van der Waals surface area contributed by atoms with Crippen LogP contribution in [0, 0.1) is 0 Å². The molecule has 3 N–H and O–H groups in total. The standard InChI is InChI=1S/C20H25ClN2O5/c1-4-28-20(25)18-15(11-27-9-8-22)23-12(2)16(19(24)26-3)17(18)13-6-5-7-14(21)10-13/h5-7,10,17,23H,4,8-9,11,22H2,1-3H3/t17-/m1/s1. The molecule has 0 bridgehead atoms. The largest absolute Gasteiger partial charge is 0.466 e. The molecular weight excluding hydrogens is 384 g/mol. The predicted octanol–water partition coefficient (Wildman–Crippen LogP) is 2.27. The van der Waals surface area contributed by atoms with E-state index in [1.54, 1.807) is 38.1 Å². The second kappa shape index (κ2) is 10.3. The van der Waals surface area contributed by atoms with Gasteiger partial charge in [0.25, 0.3) is 0 Å². The van der Waals surface area contributed by atoms with Gasteiger partial charge in [-0.2, -0.15) is 0 Å². The van der Waals surface area contributed by atoms with Gasteiger partial charge in [0.15, 0.2) is 0 Å². The fraction of sp³-hybridized carbons (Fsp3) is 0.400. The summed E-state index contributed by atoms with van der Waals surface area (Å²) in [5, 5.41) is 3.59. The Bertz CT molecular complexity index is 804. The number of hydrogen-bond donors (Lipinski definition) is 2. The lowest BCUT2D eigenvalue weighted by Gasteiger charge is -2.31. The van der Waals surface area contributed by atoms with E-state index in [0.717, 1.165) is 0 Å². The smallest absolute Gasteiger partial charge is 0.336 e. The molecule has 1 atom stereocenters. The monoisotopic (exact) mass is 408 g/mol. The van der Waals surface area contributed by atoms with Crippen LogP contribution >= 0.6 is 11.6 Å². The lowest BCUT2D eigenvalue weighted by molar-refractivity contribution is -0.139. The van der Waals surface area contributed by atoms with Gasteiger partial charge in [0.2, 0.25) is 0 Å². The van der Waals surface area contributed by atoms with Gasteiger partial charge in [-0.15, -0.1) is 0 Å². The highest BCUT2D eigenvalue weighted by molar-refractivity contribution is 6.30. The number of methoxy groups -OCH3 is 1. The molecule has 1 aliphatic rings. The van der Waals surface area contributed by atoms with E-state index in [2.05, 4.69) is 5.32 Å². The van der Waals surface area contributed by atoms with E-state index in [1.165, 1.54) is 7.11 Å². The maximum Gasteiger partial charge on any atom is 0.336 e. The van der Waals surface area contributed by atoms with Crippen molar-refractivity contribution < 1.29 is 23.8 Å². The molecule has 0 fully saturated rings. The average molecular weight is 409 g/mol. The van der Waals surface area contributed by atoms with E-state index < -0.39 is 17.9 Å². The number of rotatable bonds is 8. The molecule has 0 amide bonds. The Balaban J connectivity index is 2.65. The molecule has 1 aromatic rings. The maximum absolute atomic E-state index is 12.9. The Hall–Kier alpha value is -2.35. The number of nitrogens with one attached hydrogen (secondary N) is 1. The molecular formula is C20H25ClN2O5. The highest BCUT2D eigenvalue weighted by Gasteiger charge is 2.38. The zero-order valence-corrected chi connectivity index (χ0v) is 17.0. The van der Waals surface area contributed by atoms with Crippen LogP contribution in [0.25, 0.3) is 0 Å².